The summed E-state index contributed by atoms with van der Waals surface area (Å²) < 4.78 is 48.3. The molecule has 0 aliphatic carbocycles. The van der Waals surface area contributed by atoms with Gasteiger partial charge in [-0.15, -0.1) is 0 Å². The number of carbonyl (C=O) groups is 1. The molecule has 0 saturated carbocycles. The first kappa shape index (κ1) is 26.8. The average Bonchev–Trinajstić information content (AvgIpc) is 2.85. The molecule has 0 radical (unpaired) electrons. The fourth-order valence-electron chi connectivity index (χ4n) is 4.92. The highest BCUT2D eigenvalue weighted by Crippen LogP contribution is 2.43. The lowest BCUT2D eigenvalue weighted by atomic mass is 9.76. The van der Waals surface area contributed by atoms with Crippen LogP contribution in [0, 0.1) is 12.7 Å². The Morgan fingerprint density at radius 1 is 1.11 bits per heavy atom. The summed E-state index contributed by atoms with van der Waals surface area (Å²) >= 11 is 0. The van der Waals surface area contributed by atoms with Crippen LogP contribution >= 0.6 is 0 Å². The number of halogens is 1. The van der Waals surface area contributed by atoms with E-state index in [2.05, 4.69) is 0 Å². The van der Waals surface area contributed by atoms with Crippen LogP contribution in [0.1, 0.15) is 56.8 Å². The summed E-state index contributed by atoms with van der Waals surface area (Å²) in [6.07, 6.45) is -0.718. The lowest BCUT2D eigenvalue weighted by Gasteiger charge is -2.43. The third kappa shape index (κ3) is 5.13. The van der Waals surface area contributed by atoms with E-state index >= 15 is 0 Å². The van der Waals surface area contributed by atoms with Gasteiger partial charge in [-0.2, -0.15) is 4.31 Å². The van der Waals surface area contributed by atoms with E-state index in [9.17, 15) is 22.7 Å². The Bertz CT molecular complexity index is 1430. The molecular weight excluding hydrogens is 493 g/mol. The van der Waals surface area contributed by atoms with Gasteiger partial charge < -0.3 is 9.84 Å². The number of fused-ring (bicyclic) bond motifs is 1. The number of hydrogen-bond donors (Lipinski definition) is 1. The first-order valence-electron chi connectivity index (χ1n) is 12.3. The van der Waals surface area contributed by atoms with E-state index < -0.39 is 33.6 Å². The van der Waals surface area contributed by atoms with Crippen molar-refractivity contribution in [1.82, 2.24) is 4.31 Å². The molecule has 196 valence electrons. The lowest BCUT2D eigenvalue weighted by molar-refractivity contribution is -0.145. The van der Waals surface area contributed by atoms with Gasteiger partial charge in [0.05, 0.1) is 4.90 Å². The Kier molecular flexibility index (Phi) is 7.18. The smallest absolute Gasteiger partial charge is 0.344 e. The molecule has 0 spiro atoms. The van der Waals surface area contributed by atoms with Crippen molar-refractivity contribution in [3.63, 3.8) is 0 Å². The topological polar surface area (TPSA) is 83.9 Å². The van der Waals surface area contributed by atoms with Crippen LogP contribution < -0.4 is 4.74 Å². The predicted octanol–water partition coefficient (Wildman–Crippen LogP) is 6.09. The molecular formula is C29H32FNO5S. The monoisotopic (exact) mass is 525 g/mol. The molecule has 4 rings (SSSR count). The molecule has 0 saturated heterocycles. The third-order valence-corrected chi connectivity index (χ3v) is 8.97. The maximum absolute atomic E-state index is 13.9. The van der Waals surface area contributed by atoms with E-state index in [-0.39, 0.29) is 17.1 Å². The molecule has 37 heavy (non-hydrogen) atoms. The zero-order chi connectivity index (χ0) is 27.1. The van der Waals surface area contributed by atoms with Gasteiger partial charge >= 0.3 is 5.97 Å². The molecule has 8 heteroatoms. The Hall–Kier alpha value is -3.23. The summed E-state index contributed by atoms with van der Waals surface area (Å²) in [5, 5.41) is 9.30. The molecule has 1 aliphatic rings. The number of hydrogen-bond acceptors (Lipinski definition) is 4. The summed E-state index contributed by atoms with van der Waals surface area (Å²) in [6.45, 7) is 9.65. The molecule has 2 atom stereocenters. The van der Waals surface area contributed by atoms with Crippen LogP contribution in [0.4, 0.5) is 4.39 Å². The number of carboxylic acids is 1. The summed E-state index contributed by atoms with van der Waals surface area (Å²) in [5.41, 5.74) is 3.84. The van der Waals surface area contributed by atoms with E-state index in [1.54, 1.807) is 26.0 Å². The van der Waals surface area contributed by atoms with Crippen molar-refractivity contribution >= 4 is 16.0 Å². The maximum Gasteiger partial charge on any atom is 0.344 e. The van der Waals surface area contributed by atoms with Crippen molar-refractivity contribution in [3.8, 4) is 16.9 Å². The predicted molar refractivity (Wildman–Crippen MR) is 141 cm³/mol. The molecule has 3 aromatic rings. The van der Waals surface area contributed by atoms with E-state index in [4.69, 9.17) is 4.74 Å². The number of aliphatic carboxylic acids is 1. The Labute approximate surface area is 217 Å². The number of ether oxygens (including phenoxy) is 1. The Morgan fingerprint density at radius 2 is 1.76 bits per heavy atom. The summed E-state index contributed by atoms with van der Waals surface area (Å²) in [7, 11) is -3.89. The molecule has 0 fully saturated rings. The second kappa shape index (κ2) is 9.91. The first-order valence-corrected chi connectivity index (χ1v) is 13.7. The largest absolute Gasteiger partial charge is 0.479 e. The van der Waals surface area contributed by atoms with E-state index in [1.165, 1.54) is 34.6 Å². The van der Waals surface area contributed by atoms with Crippen LogP contribution in [0.15, 0.2) is 65.6 Å². The van der Waals surface area contributed by atoms with Crippen molar-refractivity contribution in [2.45, 2.75) is 63.5 Å². The minimum Gasteiger partial charge on any atom is -0.479 e. The standard InChI is InChI=1S/C29H32FNO5S/c1-6-26(28(32)33)36-27-14-12-23(15-18(27)2)37(34,35)31-17-29(4,5)25-13-9-21(16-24(25)19(31)3)20-7-10-22(30)11-8-20/h7-16,19,26H,6,17H2,1-5H3,(H,32,33). The third-order valence-electron chi connectivity index (χ3n) is 7.06. The van der Waals surface area contributed by atoms with Gasteiger partial charge in [-0.3, -0.25) is 0 Å². The number of nitrogens with zero attached hydrogens (tertiary/aromatic N) is 1. The number of aryl methyl sites for hydroxylation is 1. The van der Waals surface area contributed by atoms with Crippen LogP contribution in [0.2, 0.25) is 0 Å². The first-order chi connectivity index (χ1) is 17.3. The van der Waals surface area contributed by atoms with Gasteiger partial charge in [0.1, 0.15) is 11.6 Å². The summed E-state index contributed by atoms with van der Waals surface area (Å²) in [4.78, 5) is 11.5. The van der Waals surface area contributed by atoms with Crippen molar-refractivity contribution in [2.75, 3.05) is 6.54 Å². The van der Waals surface area contributed by atoms with Gasteiger partial charge in [0, 0.05) is 18.0 Å². The van der Waals surface area contributed by atoms with Crippen molar-refractivity contribution in [2.24, 2.45) is 0 Å². The van der Waals surface area contributed by atoms with Crippen molar-refractivity contribution in [1.29, 1.82) is 0 Å². The lowest BCUT2D eigenvalue weighted by Crippen LogP contribution is -2.47. The number of benzene rings is 3. The van der Waals surface area contributed by atoms with E-state index in [1.807, 2.05) is 39.0 Å². The zero-order valence-electron chi connectivity index (χ0n) is 21.7. The molecule has 0 amide bonds. The fourth-order valence-corrected chi connectivity index (χ4v) is 6.78. The molecule has 1 heterocycles. The molecule has 1 aliphatic heterocycles. The fraction of sp³-hybridized carbons (Fsp3) is 0.345. The highest BCUT2D eigenvalue weighted by molar-refractivity contribution is 7.89. The Balaban J connectivity index is 1.70. The van der Waals surface area contributed by atoms with Crippen LogP contribution in [0.3, 0.4) is 0 Å². The molecule has 0 bridgehead atoms. The van der Waals surface area contributed by atoms with Gasteiger partial charge in [-0.1, -0.05) is 45.0 Å². The number of sulfonamides is 1. The number of carboxylic acid groups (broad SMARTS) is 1. The zero-order valence-corrected chi connectivity index (χ0v) is 22.5. The van der Waals surface area contributed by atoms with E-state index in [0.29, 0.717) is 17.9 Å². The van der Waals surface area contributed by atoms with Crippen LogP contribution in [-0.4, -0.2) is 36.4 Å². The molecule has 0 aromatic heterocycles. The Morgan fingerprint density at radius 3 is 2.35 bits per heavy atom. The van der Waals surface area contributed by atoms with Crippen LogP contribution in [0.25, 0.3) is 11.1 Å². The summed E-state index contributed by atoms with van der Waals surface area (Å²) in [6, 6.07) is 16.4. The van der Waals surface area contributed by atoms with Gasteiger partial charge in [0.2, 0.25) is 10.0 Å². The van der Waals surface area contributed by atoms with Crippen LogP contribution in [0.5, 0.6) is 5.75 Å². The second-order valence-electron chi connectivity index (χ2n) is 10.2. The second-order valence-corrected chi connectivity index (χ2v) is 12.1. The van der Waals surface area contributed by atoms with Gasteiger partial charge in [0.15, 0.2) is 6.10 Å². The van der Waals surface area contributed by atoms with Gasteiger partial charge in [-0.25, -0.2) is 17.6 Å². The maximum atomic E-state index is 13.9. The quantitative estimate of drug-likeness (QED) is 0.404. The SMILES string of the molecule is CCC(Oc1ccc(S(=O)(=O)N2CC(C)(C)c3ccc(-c4ccc(F)cc4)cc3C2C)cc1C)C(=O)O. The minimum atomic E-state index is -3.89. The normalized spacial score (nSPS) is 18.2. The van der Waals surface area contributed by atoms with E-state index in [0.717, 1.165) is 22.3 Å². The average molecular weight is 526 g/mol. The summed E-state index contributed by atoms with van der Waals surface area (Å²) in [5.74, 6) is -1.04. The highest BCUT2D eigenvalue weighted by atomic mass is 32.2. The van der Waals surface area contributed by atoms with Crippen molar-refractivity contribution < 1.29 is 27.4 Å². The minimum absolute atomic E-state index is 0.126. The molecule has 2 unspecified atom stereocenters. The number of rotatable bonds is 7. The van der Waals surface area contributed by atoms with Crippen molar-refractivity contribution in [3.05, 3.63) is 83.2 Å². The highest BCUT2D eigenvalue weighted by Gasteiger charge is 2.42. The van der Waals surface area contributed by atoms with Crippen LogP contribution in [-0.2, 0) is 20.2 Å². The van der Waals surface area contributed by atoms with Gasteiger partial charge in [-0.05, 0) is 84.5 Å². The molecule has 3 aromatic carbocycles. The molecule has 6 nitrogen and oxygen atoms in total. The molecule has 1 N–H and O–H groups in total. The van der Waals surface area contributed by atoms with Gasteiger partial charge in [0.25, 0.3) is 0 Å².